The average molecular weight is 327 g/mol. The lowest BCUT2D eigenvalue weighted by molar-refractivity contribution is 0.557. The molecule has 1 aliphatic carbocycles. The topological polar surface area (TPSA) is 44.4 Å². The van der Waals surface area contributed by atoms with Crippen LogP contribution >= 0.6 is 19.5 Å². The summed E-state index contributed by atoms with van der Waals surface area (Å²) in [5, 5.41) is 6.93. The van der Waals surface area contributed by atoms with Gasteiger partial charge in [-0.2, -0.15) is 0 Å². The fourth-order valence-electron chi connectivity index (χ4n) is 2.59. The SMILES string of the molecule is CCNP(=O)(NCC)N(SC1CCCC1)c1ccccc1. The lowest BCUT2D eigenvalue weighted by Crippen LogP contribution is -2.33. The van der Waals surface area contributed by atoms with E-state index in [1.807, 2.05) is 48.3 Å². The molecular formula is C15H26N3OPS. The first-order valence-electron chi connectivity index (χ1n) is 7.82. The molecule has 0 heterocycles. The van der Waals surface area contributed by atoms with Crippen LogP contribution in [0.15, 0.2) is 30.3 Å². The van der Waals surface area contributed by atoms with Gasteiger partial charge in [0, 0.05) is 18.3 Å². The minimum Gasteiger partial charge on any atom is -0.263 e. The van der Waals surface area contributed by atoms with E-state index in [2.05, 4.69) is 10.2 Å². The Hall–Kier alpha value is -0.480. The van der Waals surface area contributed by atoms with Crippen molar-refractivity contribution in [3.63, 3.8) is 0 Å². The van der Waals surface area contributed by atoms with Crippen LogP contribution in [0.3, 0.4) is 0 Å². The monoisotopic (exact) mass is 327 g/mol. The van der Waals surface area contributed by atoms with E-state index in [0.717, 1.165) is 5.69 Å². The molecule has 0 spiro atoms. The lowest BCUT2D eigenvalue weighted by atomic mass is 10.3. The van der Waals surface area contributed by atoms with Crippen molar-refractivity contribution >= 4 is 25.2 Å². The highest BCUT2D eigenvalue weighted by Gasteiger charge is 2.33. The highest BCUT2D eigenvalue weighted by atomic mass is 32.2. The van der Waals surface area contributed by atoms with Crippen molar-refractivity contribution in [2.24, 2.45) is 0 Å². The number of nitrogens with one attached hydrogen (secondary N) is 2. The van der Waals surface area contributed by atoms with Crippen molar-refractivity contribution in [3.8, 4) is 0 Å². The van der Waals surface area contributed by atoms with Crippen LogP contribution in [-0.2, 0) is 4.57 Å². The van der Waals surface area contributed by atoms with Crippen molar-refractivity contribution in [1.29, 1.82) is 0 Å². The molecule has 1 aromatic rings. The maximum absolute atomic E-state index is 13.4. The van der Waals surface area contributed by atoms with Gasteiger partial charge < -0.3 is 0 Å². The lowest BCUT2D eigenvalue weighted by Gasteiger charge is -2.34. The third-order valence-corrected chi connectivity index (χ3v) is 7.91. The largest absolute Gasteiger partial charge is 0.315 e. The summed E-state index contributed by atoms with van der Waals surface area (Å²) in [6.07, 6.45) is 5.00. The Bertz CT molecular complexity index is 455. The van der Waals surface area contributed by atoms with E-state index in [-0.39, 0.29) is 0 Å². The Morgan fingerprint density at radius 1 is 1.14 bits per heavy atom. The second-order valence-corrected chi connectivity index (χ2v) is 8.92. The molecule has 1 saturated carbocycles. The Kier molecular flexibility index (Phi) is 6.62. The number of anilines is 1. The third-order valence-electron chi connectivity index (χ3n) is 3.53. The van der Waals surface area contributed by atoms with E-state index in [1.165, 1.54) is 25.7 Å². The van der Waals surface area contributed by atoms with Gasteiger partial charge in [-0.3, -0.25) is 4.57 Å². The molecule has 0 unspecified atom stereocenters. The molecule has 118 valence electrons. The smallest absolute Gasteiger partial charge is 0.263 e. The minimum absolute atomic E-state index is 0.566. The van der Waals surface area contributed by atoms with E-state index in [4.69, 9.17) is 0 Å². The highest BCUT2D eigenvalue weighted by Crippen LogP contribution is 2.51. The summed E-state index contributed by atoms with van der Waals surface area (Å²) in [4.78, 5) is 0. The van der Waals surface area contributed by atoms with Crippen LogP contribution in [0.25, 0.3) is 0 Å². The van der Waals surface area contributed by atoms with Gasteiger partial charge in [0.05, 0.1) is 5.69 Å². The number of benzene rings is 1. The summed E-state index contributed by atoms with van der Waals surface area (Å²) in [5.41, 5.74) is 1.000. The zero-order valence-electron chi connectivity index (χ0n) is 12.9. The standard InChI is InChI=1S/C15H26N3OPS/c1-3-16-20(19,17-4-2)18(14-10-6-5-7-11-14)21-15-12-8-9-13-15/h5-7,10-11,15H,3-4,8-9,12-13H2,1-2H3,(H2,16,17,19). The summed E-state index contributed by atoms with van der Waals surface area (Å²) < 4.78 is 15.4. The molecule has 0 amide bonds. The van der Waals surface area contributed by atoms with Gasteiger partial charge in [0.1, 0.15) is 0 Å². The Morgan fingerprint density at radius 2 is 1.71 bits per heavy atom. The van der Waals surface area contributed by atoms with Crippen molar-refractivity contribution in [1.82, 2.24) is 10.2 Å². The van der Waals surface area contributed by atoms with Crippen molar-refractivity contribution in [2.75, 3.05) is 17.2 Å². The summed E-state index contributed by atoms with van der Waals surface area (Å²) in [5.74, 6) is 0. The van der Waals surface area contributed by atoms with Crippen LogP contribution in [0.1, 0.15) is 39.5 Å². The van der Waals surface area contributed by atoms with Crippen molar-refractivity contribution in [3.05, 3.63) is 30.3 Å². The van der Waals surface area contributed by atoms with Gasteiger partial charge in [0.25, 0.3) is 0 Å². The molecule has 0 aromatic heterocycles. The molecule has 0 radical (unpaired) electrons. The summed E-state index contributed by atoms with van der Waals surface area (Å²) >= 11 is 1.74. The van der Waals surface area contributed by atoms with E-state index in [9.17, 15) is 4.57 Å². The summed E-state index contributed by atoms with van der Waals surface area (Å²) in [7, 11) is -2.81. The zero-order chi connectivity index (χ0) is 15.1. The molecule has 2 N–H and O–H groups in total. The molecule has 4 nitrogen and oxygen atoms in total. The summed E-state index contributed by atoms with van der Waals surface area (Å²) in [6, 6.07) is 10.1. The van der Waals surface area contributed by atoms with Crippen LogP contribution in [0.5, 0.6) is 0 Å². The number of hydrogen-bond acceptors (Lipinski definition) is 2. The molecule has 2 rings (SSSR count). The molecule has 0 aliphatic heterocycles. The highest BCUT2D eigenvalue weighted by molar-refractivity contribution is 8.07. The molecule has 1 fully saturated rings. The van der Waals surface area contributed by atoms with Crippen molar-refractivity contribution in [2.45, 2.75) is 44.8 Å². The number of nitrogens with zero attached hydrogens (tertiary/aromatic N) is 1. The maximum Gasteiger partial charge on any atom is 0.315 e. The van der Waals surface area contributed by atoms with Gasteiger partial charge >= 0.3 is 7.59 Å². The third kappa shape index (κ3) is 4.49. The van der Waals surface area contributed by atoms with Gasteiger partial charge in [-0.1, -0.05) is 44.9 Å². The second-order valence-electron chi connectivity index (χ2n) is 5.22. The van der Waals surface area contributed by atoms with Crippen LogP contribution in [0.2, 0.25) is 0 Å². The van der Waals surface area contributed by atoms with E-state index in [0.29, 0.717) is 18.3 Å². The predicted octanol–water partition coefficient (Wildman–Crippen LogP) is 4.41. The molecule has 0 bridgehead atoms. The second kappa shape index (κ2) is 8.23. The molecule has 0 saturated heterocycles. The van der Waals surface area contributed by atoms with E-state index >= 15 is 0 Å². The number of para-hydroxylation sites is 1. The van der Waals surface area contributed by atoms with Gasteiger partial charge in [0.15, 0.2) is 0 Å². The van der Waals surface area contributed by atoms with Crippen LogP contribution in [0, 0.1) is 0 Å². The summed E-state index contributed by atoms with van der Waals surface area (Å²) in [6.45, 7) is 5.35. The van der Waals surface area contributed by atoms with Gasteiger partial charge in [-0.25, -0.2) is 14.3 Å². The van der Waals surface area contributed by atoms with Crippen LogP contribution < -0.4 is 14.3 Å². The van der Waals surface area contributed by atoms with Crippen LogP contribution in [0.4, 0.5) is 5.69 Å². The number of rotatable bonds is 8. The molecule has 21 heavy (non-hydrogen) atoms. The van der Waals surface area contributed by atoms with E-state index in [1.54, 1.807) is 11.9 Å². The first-order chi connectivity index (χ1) is 10.2. The van der Waals surface area contributed by atoms with Crippen molar-refractivity contribution < 1.29 is 4.57 Å². The Morgan fingerprint density at radius 3 is 2.24 bits per heavy atom. The van der Waals surface area contributed by atoms with Crippen LogP contribution in [-0.4, -0.2) is 18.3 Å². The zero-order valence-corrected chi connectivity index (χ0v) is 14.6. The van der Waals surface area contributed by atoms with Gasteiger partial charge in [-0.15, -0.1) is 0 Å². The van der Waals surface area contributed by atoms with E-state index < -0.39 is 7.59 Å². The fraction of sp³-hybridized carbons (Fsp3) is 0.600. The first kappa shape index (κ1) is 16.9. The Balaban J connectivity index is 2.26. The first-order valence-corrected chi connectivity index (χ1v) is 10.3. The maximum atomic E-state index is 13.4. The molecule has 1 aromatic carbocycles. The Labute approximate surface area is 132 Å². The molecule has 6 heteroatoms. The van der Waals surface area contributed by atoms with Gasteiger partial charge in [-0.05, 0) is 36.9 Å². The number of hydrogen-bond donors (Lipinski definition) is 2. The van der Waals surface area contributed by atoms with Gasteiger partial charge in [0.2, 0.25) is 0 Å². The predicted molar refractivity (Wildman–Crippen MR) is 93.7 cm³/mol. The fourth-order valence-corrected chi connectivity index (χ4v) is 6.63. The normalized spacial score (nSPS) is 16.3. The minimum atomic E-state index is -2.81. The molecule has 1 aliphatic rings. The quantitative estimate of drug-likeness (QED) is 0.547. The average Bonchev–Trinajstić information content (AvgIpc) is 2.99. The molecule has 0 atom stereocenters. The molecular weight excluding hydrogens is 301 g/mol.